The Morgan fingerprint density at radius 1 is 1.00 bits per heavy atom. The van der Waals surface area contributed by atoms with Crippen molar-refractivity contribution in [2.24, 2.45) is 0 Å². The number of nitrogens with zero attached hydrogens (tertiary/aromatic N) is 3. The summed E-state index contributed by atoms with van der Waals surface area (Å²) in [5, 5.41) is 3.34. The summed E-state index contributed by atoms with van der Waals surface area (Å²) in [6.07, 6.45) is 1.65. The van der Waals surface area contributed by atoms with Crippen LogP contribution in [0, 0.1) is 0 Å². The van der Waals surface area contributed by atoms with Crippen molar-refractivity contribution in [1.29, 1.82) is 0 Å². The van der Waals surface area contributed by atoms with Crippen LogP contribution in [0.25, 0.3) is 22.3 Å². The molecule has 1 fully saturated rings. The number of hydrogen-bond acceptors (Lipinski definition) is 5. The third-order valence-electron chi connectivity index (χ3n) is 5.25. The van der Waals surface area contributed by atoms with E-state index < -0.39 is 10.0 Å². The van der Waals surface area contributed by atoms with Crippen LogP contribution in [0.3, 0.4) is 0 Å². The molecule has 1 aromatic heterocycles. The fourth-order valence-corrected chi connectivity index (χ4v) is 4.81. The summed E-state index contributed by atoms with van der Waals surface area (Å²) in [4.78, 5) is 21.8. The number of aromatic nitrogens is 2. The summed E-state index contributed by atoms with van der Waals surface area (Å²) in [6, 6.07) is 19.2. The Bertz CT molecular complexity index is 1460. The maximum Gasteiger partial charge on any atom is 0.255 e. The van der Waals surface area contributed by atoms with E-state index in [-0.39, 0.29) is 11.7 Å². The Morgan fingerprint density at radius 3 is 2.44 bits per heavy atom. The van der Waals surface area contributed by atoms with Crippen LogP contribution in [-0.2, 0) is 10.0 Å². The maximum absolute atomic E-state index is 12.7. The topological polar surface area (TPSA) is 92.3 Å². The number of benzene rings is 3. The number of para-hydroxylation sites is 2. The fraction of sp³-hybridized carbons (Fsp3) is 0.0870. The molecule has 1 N–H and O–H groups in total. The van der Waals surface area contributed by atoms with Gasteiger partial charge in [0.25, 0.3) is 5.91 Å². The lowest BCUT2D eigenvalue weighted by atomic mass is 10.1. The van der Waals surface area contributed by atoms with Crippen molar-refractivity contribution >= 4 is 49.9 Å². The van der Waals surface area contributed by atoms with Crippen molar-refractivity contribution in [1.82, 2.24) is 9.97 Å². The molecule has 0 atom stereocenters. The highest BCUT2D eigenvalue weighted by molar-refractivity contribution is 7.94. The number of anilines is 2. The van der Waals surface area contributed by atoms with Crippen molar-refractivity contribution in [2.45, 2.75) is 0 Å². The highest BCUT2D eigenvalue weighted by Gasteiger charge is 2.32. The monoisotopic (exact) mass is 464 g/mol. The Morgan fingerprint density at radius 2 is 1.75 bits per heavy atom. The van der Waals surface area contributed by atoms with Crippen LogP contribution in [0.1, 0.15) is 10.4 Å². The third-order valence-corrected chi connectivity index (χ3v) is 7.35. The number of rotatable bonds is 4. The number of fused-ring (bicyclic) bond motifs is 1. The van der Waals surface area contributed by atoms with Gasteiger partial charge in [-0.05, 0) is 54.6 Å². The second kappa shape index (κ2) is 7.89. The Balaban J connectivity index is 1.38. The molecule has 7 nitrogen and oxygen atoms in total. The first-order valence-electron chi connectivity index (χ1n) is 9.84. The molecule has 0 aliphatic carbocycles. The molecule has 32 heavy (non-hydrogen) atoms. The highest BCUT2D eigenvalue weighted by atomic mass is 35.5. The molecular formula is C23H17ClN4O3S. The zero-order valence-electron chi connectivity index (χ0n) is 16.7. The molecule has 1 amide bonds. The van der Waals surface area contributed by atoms with Crippen LogP contribution < -0.4 is 9.62 Å². The summed E-state index contributed by atoms with van der Waals surface area (Å²) >= 11 is 6.39. The van der Waals surface area contributed by atoms with Gasteiger partial charge in [0.05, 0.1) is 39.4 Å². The molecule has 9 heteroatoms. The molecule has 160 valence electrons. The average Bonchev–Trinajstić information content (AvgIpc) is 2.80. The van der Waals surface area contributed by atoms with Gasteiger partial charge >= 0.3 is 0 Å². The number of amides is 1. The molecule has 1 saturated heterocycles. The van der Waals surface area contributed by atoms with Crippen LogP contribution in [0.5, 0.6) is 0 Å². The van der Waals surface area contributed by atoms with E-state index in [1.54, 1.807) is 48.7 Å². The summed E-state index contributed by atoms with van der Waals surface area (Å²) in [5.41, 5.74) is 4.31. The molecule has 3 aromatic carbocycles. The van der Waals surface area contributed by atoms with Crippen LogP contribution in [0.15, 0.2) is 72.9 Å². The van der Waals surface area contributed by atoms with Gasteiger partial charge in [0, 0.05) is 23.4 Å². The molecule has 0 radical (unpaired) electrons. The zero-order chi connectivity index (χ0) is 22.3. The normalized spacial score (nSPS) is 14.7. The van der Waals surface area contributed by atoms with Gasteiger partial charge in [0.2, 0.25) is 10.0 Å². The SMILES string of the molecule is O=C(Nc1ccc(Cl)c(-c2cnc3ccccc3n2)c1)c1ccc(N2CCS2(=O)=O)cc1. The van der Waals surface area contributed by atoms with Gasteiger partial charge in [-0.3, -0.25) is 14.1 Å². The van der Waals surface area contributed by atoms with Crippen molar-refractivity contribution < 1.29 is 13.2 Å². The molecule has 0 bridgehead atoms. The van der Waals surface area contributed by atoms with E-state index in [1.807, 2.05) is 24.3 Å². The second-order valence-corrected chi connectivity index (χ2v) is 9.75. The zero-order valence-corrected chi connectivity index (χ0v) is 18.3. The minimum absolute atomic E-state index is 0.149. The molecular weight excluding hydrogens is 448 g/mol. The van der Waals surface area contributed by atoms with Gasteiger partial charge in [-0.25, -0.2) is 13.4 Å². The summed E-state index contributed by atoms with van der Waals surface area (Å²) in [6.45, 7) is 0.457. The third kappa shape index (κ3) is 3.79. The quantitative estimate of drug-likeness (QED) is 0.484. The molecule has 1 aliphatic rings. The maximum atomic E-state index is 12.7. The van der Waals surface area contributed by atoms with E-state index in [4.69, 9.17) is 11.6 Å². The summed E-state index contributed by atoms with van der Waals surface area (Å²) in [5.74, 6) is -0.170. The average molecular weight is 465 g/mol. The van der Waals surface area contributed by atoms with Gasteiger partial charge in [-0.2, -0.15) is 0 Å². The number of sulfonamides is 1. The molecule has 0 saturated carbocycles. The predicted octanol–water partition coefficient (Wildman–Crippen LogP) is 4.35. The largest absolute Gasteiger partial charge is 0.322 e. The molecule has 2 heterocycles. The Labute approximate surface area is 189 Å². The van der Waals surface area contributed by atoms with Crippen LogP contribution in [0.4, 0.5) is 11.4 Å². The van der Waals surface area contributed by atoms with E-state index in [0.717, 1.165) is 11.0 Å². The number of carbonyl (C=O) groups excluding carboxylic acids is 1. The number of nitrogens with one attached hydrogen (secondary N) is 1. The van der Waals surface area contributed by atoms with E-state index in [9.17, 15) is 13.2 Å². The lowest BCUT2D eigenvalue weighted by molar-refractivity contribution is 0.102. The number of halogens is 1. The number of hydrogen-bond donors (Lipinski definition) is 1. The minimum Gasteiger partial charge on any atom is -0.322 e. The number of carbonyl (C=O) groups is 1. The predicted molar refractivity (Wildman–Crippen MR) is 126 cm³/mol. The van der Waals surface area contributed by atoms with Crippen molar-refractivity contribution in [3.63, 3.8) is 0 Å². The van der Waals surface area contributed by atoms with Crippen molar-refractivity contribution in [3.8, 4) is 11.3 Å². The molecule has 0 spiro atoms. The standard InChI is InChI=1S/C23H17ClN4O3S/c24-19-10-7-16(13-18(19)22-14-25-20-3-1-2-4-21(20)27-22)26-23(29)15-5-8-17(9-6-15)28-11-12-32(28,30)31/h1-10,13-14H,11-12H2,(H,26,29). The minimum atomic E-state index is -3.20. The first-order valence-corrected chi connectivity index (χ1v) is 11.8. The van der Waals surface area contributed by atoms with Crippen LogP contribution in [0.2, 0.25) is 5.02 Å². The van der Waals surface area contributed by atoms with Crippen LogP contribution in [-0.4, -0.2) is 36.6 Å². The van der Waals surface area contributed by atoms with Gasteiger partial charge < -0.3 is 5.32 Å². The van der Waals surface area contributed by atoms with Gasteiger partial charge in [0.1, 0.15) is 0 Å². The van der Waals surface area contributed by atoms with E-state index in [1.165, 1.54) is 4.31 Å². The summed E-state index contributed by atoms with van der Waals surface area (Å²) < 4.78 is 24.8. The van der Waals surface area contributed by atoms with Gasteiger partial charge in [-0.1, -0.05) is 23.7 Å². The van der Waals surface area contributed by atoms with E-state index >= 15 is 0 Å². The van der Waals surface area contributed by atoms with Crippen molar-refractivity contribution in [2.75, 3.05) is 21.9 Å². The second-order valence-electron chi connectivity index (χ2n) is 7.33. The van der Waals surface area contributed by atoms with E-state index in [2.05, 4.69) is 15.3 Å². The molecule has 1 aliphatic heterocycles. The van der Waals surface area contributed by atoms with Crippen molar-refractivity contribution in [3.05, 3.63) is 83.5 Å². The Hall–Kier alpha value is -3.49. The van der Waals surface area contributed by atoms with E-state index in [0.29, 0.717) is 39.8 Å². The molecule has 5 rings (SSSR count). The van der Waals surface area contributed by atoms with Gasteiger partial charge in [-0.15, -0.1) is 0 Å². The lowest BCUT2D eigenvalue weighted by Gasteiger charge is -2.32. The van der Waals surface area contributed by atoms with Gasteiger partial charge in [0.15, 0.2) is 0 Å². The van der Waals surface area contributed by atoms with Crippen LogP contribution >= 0.6 is 11.6 Å². The molecule has 4 aromatic rings. The molecule has 0 unspecified atom stereocenters. The fourth-order valence-electron chi connectivity index (χ4n) is 3.49. The Kier molecular flexibility index (Phi) is 5.03. The highest BCUT2D eigenvalue weighted by Crippen LogP contribution is 2.30. The summed E-state index contributed by atoms with van der Waals surface area (Å²) in [7, 11) is -3.20. The smallest absolute Gasteiger partial charge is 0.255 e. The first kappa shape index (κ1) is 20.4. The first-order chi connectivity index (χ1) is 15.4. The lowest BCUT2D eigenvalue weighted by Crippen LogP contribution is -2.47.